The van der Waals surface area contributed by atoms with Crippen LogP contribution in [-0.4, -0.2) is 13.7 Å². The molecule has 86 valence electrons. The van der Waals surface area contributed by atoms with Crippen LogP contribution in [0, 0.1) is 23.0 Å². The minimum absolute atomic E-state index is 0.0512. The molecule has 6 heteroatoms. The lowest BCUT2D eigenvalue weighted by Crippen LogP contribution is -2.20. The standard InChI is InChI=1S/C10H9F2NO2S/c1-2-8(6-13)16(14,15)10-4-3-7(11)5-9(10)12/h3-5,8H,2H2,1H3. The SMILES string of the molecule is CCC(C#N)S(=O)(=O)c1ccc(F)cc1F. The minimum atomic E-state index is -4.05. The van der Waals surface area contributed by atoms with Crippen LogP contribution in [0.4, 0.5) is 8.78 Å². The number of rotatable bonds is 3. The summed E-state index contributed by atoms with van der Waals surface area (Å²) in [5.74, 6) is -2.03. The van der Waals surface area contributed by atoms with Gasteiger partial charge in [-0.2, -0.15) is 5.26 Å². The molecule has 0 N–H and O–H groups in total. The second-order valence-electron chi connectivity index (χ2n) is 3.15. The van der Waals surface area contributed by atoms with Gasteiger partial charge >= 0.3 is 0 Å². The summed E-state index contributed by atoms with van der Waals surface area (Å²) in [7, 11) is -4.05. The molecule has 0 aliphatic carbocycles. The van der Waals surface area contributed by atoms with Crippen molar-refractivity contribution in [3.8, 4) is 6.07 Å². The van der Waals surface area contributed by atoms with Crippen LogP contribution in [0.2, 0.25) is 0 Å². The second kappa shape index (κ2) is 4.58. The van der Waals surface area contributed by atoms with Crippen LogP contribution < -0.4 is 0 Å². The van der Waals surface area contributed by atoms with Gasteiger partial charge in [0.2, 0.25) is 0 Å². The molecule has 0 aromatic heterocycles. The van der Waals surface area contributed by atoms with Crippen LogP contribution in [0.15, 0.2) is 23.1 Å². The van der Waals surface area contributed by atoms with E-state index in [2.05, 4.69) is 0 Å². The molecule has 16 heavy (non-hydrogen) atoms. The Morgan fingerprint density at radius 1 is 1.44 bits per heavy atom. The Kier molecular flexibility index (Phi) is 3.60. The third-order valence-electron chi connectivity index (χ3n) is 2.09. The van der Waals surface area contributed by atoms with Gasteiger partial charge in [0.25, 0.3) is 0 Å². The van der Waals surface area contributed by atoms with Gasteiger partial charge in [-0.1, -0.05) is 6.92 Å². The Morgan fingerprint density at radius 2 is 2.06 bits per heavy atom. The fourth-order valence-corrected chi connectivity index (χ4v) is 2.71. The first-order valence-corrected chi connectivity index (χ1v) is 6.06. The quantitative estimate of drug-likeness (QED) is 0.766. The second-order valence-corrected chi connectivity index (χ2v) is 5.24. The lowest BCUT2D eigenvalue weighted by atomic mass is 10.3. The molecule has 0 fully saturated rings. The van der Waals surface area contributed by atoms with Gasteiger partial charge in [0.15, 0.2) is 15.1 Å². The molecule has 0 heterocycles. The van der Waals surface area contributed by atoms with E-state index in [1.807, 2.05) is 0 Å². The molecule has 0 amide bonds. The van der Waals surface area contributed by atoms with Gasteiger partial charge in [-0.3, -0.25) is 0 Å². The Balaban J connectivity index is 3.34. The first-order valence-electron chi connectivity index (χ1n) is 4.52. The highest BCUT2D eigenvalue weighted by atomic mass is 32.2. The summed E-state index contributed by atoms with van der Waals surface area (Å²) in [6, 6.07) is 3.75. The maximum Gasteiger partial charge on any atom is 0.197 e. The van der Waals surface area contributed by atoms with Gasteiger partial charge in [-0.25, -0.2) is 17.2 Å². The molecular formula is C10H9F2NO2S. The maximum atomic E-state index is 13.3. The van der Waals surface area contributed by atoms with E-state index in [0.29, 0.717) is 6.07 Å². The molecule has 0 aliphatic rings. The number of nitriles is 1. The first-order chi connectivity index (χ1) is 7.43. The summed E-state index contributed by atoms with van der Waals surface area (Å²) >= 11 is 0. The molecule has 1 unspecified atom stereocenters. The number of nitrogens with zero attached hydrogens (tertiary/aromatic N) is 1. The Labute approximate surface area is 92.2 Å². The summed E-state index contributed by atoms with van der Waals surface area (Å²) in [5, 5.41) is 7.33. The number of benzene rings is 1. The molecule has 0 aliphatic heterocycles. The van der Waals surface area contributed by atoms with E-state index in [4.69, 9.17) is 5.26 Å². The summed E-state index contributed by atoms with van der Waals surface area (Å²) in [5.41, 5.74) is 0. The molecule has 1 aromatic rings. The molecule has 1 aromatic carbocycles. The molecule has 0 bridgehead atoms. The van der Waals surface area contributed by atoms with Crippen molar-refractivity contribution in [3.63, 3.8) is 0 Å². The van der Waals surface area contributed by atoms with Gasteiger partial charge in [0, 0.05) is 6.07 Å². The molecule has 1 atom stereocenters. The third-order valence-corrected chi connectivity index (χ3v) is 4.22. The average Bonchev–Trinajstić information content (AvgIpc) is 2.18. The molecule has 0 saturated heterocycles. The van der Waals surface area contributed by atoms with Gasteiger partial charge < -0.3 is 0 Å². The minimum Gasteiger partial charge on any atom is -0.222 e. The summed E-state index contributed by atoms with van der Waals surface area (Å²) in [6.07, 6.45) is 0.0512. The van der Waals surface area contributed by atoms with Crippen LogP contribution >= 0.6 is 0 Å². The summed E-state index contributed by atoms with van der Waals surface area (Å²) in [4.78, 5) is -0.637. The monoisotopic (exact) mass is 245 g/mol. The van der Waals surface area contributed by atoms with Gasteiger partial charge in [0.05, 0.1) is 6.07 Å². The number of halogens is 2. The van der Waals surface area contributed by atoms with Crippen molar-refractivity contribution in [2.45, 2.75) is 23.5 Å². The first kappa shape index (κ1) is 12.6. The van der Waals surface area contributed by atoms with Crippen molar-refractivity contribution in [2.75, 3.05) is 0 Å². The van der Waals surface area contributed by atoms with Crippen LogP contribution in [0.1, 0.15) is 13.3 Å². The number of sulfone groups is 1. The van der Waals surface area contributed by atoms with E-state index in [1.54, 1.807) is 6.07 Å². The Hall–Kier alpha value is -1.48. The van der Waals surface area contributed by atoms with Crippen molar-refractivity contribution in [3.05, 3.63) is 29.8 Å². The van der Waals surface area contributed by atoms with Gasteiger partial charge in [0.1, 0.15) is 16.5 Å². The van der Waals surface area contributed by atoms with Crippen LogP contribution in [0.25, 0.3) is 0 Å². The zero-order chi connectivity index (χ0) is 12.3. The fraction of sp³-hybridized carbons (Fsp3) is 0.300. The van der Waals surface area contributed by atoms with Crippen LogP contribution in [0.3, 0.4) is 0 Å². The Bertz CT molecular complexity index is 534. The smallest absolute Gasteiger partial charge is 0.197 e. The average molecular weight is 245 g/mol. The van der Waals surface area contributed by atoms with Gasteiger partial charge in [-0.05, 0) is 18.6 Å². The Morgan fingerprint density at radius 3 is 2.50 bits per heavy atom. The molecule has 0 saturated carbocycles. The van der Waals surface area contributed by atoms with Crippen molar-refractivity contribution in [1.82, 2.24) is 0 Å². The summed E-state index contributed by atoms with van der Waals surface area (Å²) < 4.78 is 49.3. The molecular weight excluding hydrogens is 236 g/mol. The van der Waals surface area contributed by atoms with Crippen LogP contribution in [0.5, 0.6) is 0 Å². The number of hydrogen-bond acceptors (Lipinski definition) is 3. The highest BCUT2D eigenvalue weighted by molar-refractivity contribution is 7.92. The van der Waals surface area contributed by atoms with Gasteiger partial charge in [-0.15, -0.1) is 0 Å². The van der Waals surface area contributed by atoms with E-state index < -0.39 is 31.6 Å². The lowest BCUT2D eigenvalue weighted by Gasteiger charge is -2.09. The highest BCUT2D eigenvalue weighted by Crippen LogP contribution is 2.21. The van der Waals surface area contributed by atoms with Crippen LogP contribution in [-0.2, 0) is 9.84 Å². The fourth-order valence-electron chi connectivity index (χ4n) is 1.24. The zero-order valence-corrected chi connectivity index (χ0v) is 9.26. The van der Waals surface area contributed by atoms with E-state index >= 15 is 0 Å². The predicted octanol–water partition coefficient (Wildman–Crippen LogP) is 2.04. The number of hydrogen-bond donors (Lipinski definition) is 0. The van der Waals surface area contributed by atoms with E-state index in [9.17, 15) is 17.2 Å². The molecule has 3 nitrogen and oxygen atoms in total. The van der Waals surface area contributed by atoms with E-state index in [-0.39, 0.29) is 6.42 Å². The third kappa shape index (κ3) is 2.19. The van der Waals surface area contributed by atoms with Crippen molar-refractivity contribution in [2.24, 2.45) is 0 Å². The van der Waals surface area contributed by atoms with Crippen molar-refractivity contribution in [1.29, 1.82) is 5.26 Å². The van der Waals surface area contributed by atoms with E-state index in [0.717, 1.165) is 12.1 Å². The normalized spacial score (nSPS) is 13.1. The molecule has 0 radical (unpaired) electrons. The van der Waals surface area contributed by atoms with E-state index in [1.165, 1.54) is 6.92 Å². The predicted molar refractivity (Wildman–Crippen MR) is 53.2 cm³/mol. The topological polar surface area (TPSA) is 57.9 Å². The lowest BCUT2D eigenvalue weighted by molar-refractivity contribution is 0.546. The molecule has 0 spiro atoms. The van der Waals surface area contributed by atoms with Crippen molar-refractivity contribution >= 4 is 9.84 Å². The summed E-state index contributed by atoms with van der Waals surface area (Å²) in [6.45, 7) is 1.51. The zero-order valence-electron chi connectivity index (χ0n) is 8.44. The highest BCUT2D eigenvalue weighted by Gasteiger charge is 2.28. The van der Waals surface area contributed by atoms with Crippen molar-refractivity contribution < 1.29 is 17.2 Å². The maximum absolute atomic E-state index is 13.3. The molecule has 1 rings (SSSR count). The largest absolute Gasteiger partial charge is 0.222 e.